The summed E-state index contributed by atoms with van der Waals surface area (Å²) < 4.78 is 0. The van der Waals surface area contributed by atoms with E-state index in [1.165, 1.54) is 36.2 Å². The van der Waals surface area contributed by atoms with E-state index in [0.29, 0.717) is 10.8 Å². The second kappa shape index (κ2) is 4.19. The molecule has 3 rings (SSSR count). The number of para-hydroxylation sites is 1. The maximum Gasteiger partial charge on any atom is 0.0661 e. The van der Waals surface area contributed by atoms with Crippen LogP contribution in [0.15, 0.2) is 29.3 Å². The van der Waals surface area contributed by atoms with Gasteiger partial charge in [0, 0.05) is 11.1 Å². The lowest BCUT2D eigenvalue weighted by Crippen LogP contribution is -2.32. The third-order valence-electron chi connectivity index (χ3n) is 6.14. The summed E-state index contributed by atoms with van der Waals surface area (Å²) in [6.45, 7) is 9.54. The van der Waals surface area contributed by atoms with Gasteiger partial charge in [-0.15, -0.1) is 0 Å². The smallest absolute Gasteiger partial charge is 0.0661 e. The van der Waals surface area contributed by atoms with Crippen molar-refractivity contribution in [3.8, 4) is 0 Å². The predicted molar refractivity (Wildman–Crippen MR) is 82.1 cm³/mol. The lowest BCUT2D eigenvalue weighted by atomic mass is 9.70. The minimum absolute atomic E-state index is 0.318. The van der Waals surface area contributed by atoms with Crippen LogP contribution in [0.1, 0.15) is 52.5 Å². The Bertz CT molecular complexity index is 526. The van der Waals surface area contributed by atoms with E-state index in [4.69, 9.17) is 4.99 Å². The van der Waals surface area contributed by atoms with Gasteiger partial charge in [0.05, 0.1) is 5.69 Å². The van der Waals surface area contributed by atoms with Crippen LogP contribution in [0.25, 0.3) is 0 Å². The highest BCUT2D eigenvalue weighted by atomic mass is 14.8. The van der Waals surface area contributed by atoms with E-state index in [9.17, 15) is 0 Å². The molecule has 2 aliphatic carbocycles. The molecule has 2 aliphatic rings. The molecule has 2 unspecified atom stereocenters. The molecule has 1 nitrogen and oxygen atoms in total. The zero-order chi connectivity index (χ0) is 13.7. The predicted octanol–water partition coefficient (Wildman–Crippen LogP) is 5.17. The molecule has 1 aromatic carbocycles. The van der Waals surface area contributed by atoms with Gasteiger partial charge in [-0.3, -0.25) is 4.99 Å². The standard InChI is InChI=1S/C18H25N/c1-5-13-8-6-7-9-15(13)19-16-12-14-10-11-18(16,4)17(14,2)3/h6-9,14H,5,10-12H2,1-4H3. The quantitative estimate of drug-likeness (QED) is 0.691. The van der Waals surface area contributed by atoms with Gasteiger partial charge in [-0.05, 0) is 48.6 Å². The van der Waals surface area contributed by atoms with Crippen LogP contribution in [0.2, 0.25) is 0 Å². The molecule has 0 aromatic heterocycles. The van der Waals surface area contributed by atoms with Crippen molar-refractivity contribution < 1.29 is 0 Å². The molecule has 2 atom stereocenters. The Hall–Kier alpha value is -1.11. The van der Waals surface area contributed by atoms with Crippen LogP contribution in [0.4, 0.5) is 5.69 Å². The fourth-order valence-corrected chi connectivity index (χ4v) is 4.16. The zero-order valence-corrected chi connectivity index (χ0v) is 12.7. The minimum atomic E-state index is 0.318. The molecule has 0 N–H and O–H groups in total. The molecule has 19 heavy (non-hydrogen) atoms. The average molecular weight is 255 g/mol. The molecule has 0 aliphatic heterocycles. The third kappa shape index (κ3) is 1.70. The van der Waals surface area contributed by atoms with E-state index in [0.717, 1.165) is 12.3 Å². The molecule has 2 saturated carbocycles. The number of fused-ring (bicyclic) bond motifs is 2. The first-order chi connectivity index (χ1) is 8.99. The Morgan fingerprint density at radius 2 is 1.95 bits per heavy atom. The van der Waals surface area contributed by atoms with Crippen molar-refractivity contribution in [2.24, 2.45) is 21.7 Å². The summed E-state index contributed by atoms with van der Waals surface area (Å²) in [7, 11) is 0. The van der Waals surface area contributed by atoms with Crippen LogP contribution < -0.4 is 0 Å². The molecule has 0 spiro atoms. The summed E-state index contributed by atoms with van der Waals surface area (Å²) in [6, 6.07) is 8.61. The van der Waals surface area contributed by atoms with Gasteiger partial charge in [-0.2, -0.15) is 0 Å². The van der Waals surface area contributed by atoms with Crippen LogP contribution in [0.3, 0.4) is 0 Å². The van der Waals surface area contributed by atoms with Crippen LogP contribution in [-0.2, 0) is 6.42 Å². The fourth-order valence-electron chi connectivity index (χ4n) is 4.16. The summed E-state index contributed by atoms with van der Waals surface area (Å²) in [4.78, 5) is 5.10. The maximum absolute atomic E-state index is 5.10. The van der Waals surface area contributed by atoms with Gasteiger partial charge in [0.25, 0.3) is 0 Å². The summed E-state index contributed by atoms with van der Waals surface area (Å²) in [5.41, 5.74) is 4.77. The van der Waals surface area contributed by atoms with Crippen molar-refractivity contribution in [2.45, 2.75) is 53.4 Å². The molecular formula is C18H25N. The second-order valence-electron chi connectivity index (χ2n) is 7.03. The number of aliphatic imine (C=N–C) groups is 1. The molecule has 2 fully saturated rings. The molecule has 1 aromatic rings. The topological polar surface area (TPSA) is 12.4 Å². The number of nitrogens with zero attached hydrogens (tertiary/aromatic N) is 1. The van der Waals surface area contributed by atoms with Gasteiger partial charge in [0.1, 0.15) is 0 Å². The number of hydrogen-bond donors (Lipinski definition) is 0. The van der Waals surface area contributed by atoms with E-state index in [2.05, 4.69) is 52.0 Å². The van der Waals surface area contributed by atoms with Crippen LogP contribution in [-0.4, -0.2) is 5.71 Å². The highest BCUT2D eigenvalue weighted by Gasteiger charge is 2.59. The lowest BCUT2D eigenvalue weighted by molar-refractivity contribution is 0.194. The van der Waals surface area contributed by atoms with E-state index >= 15 is 0 Å². The maximum atomic E-state index is 5.10. The van der Waals surface area contributed by atoms with Crippen LogP contribution in [0, 0.1) is 16.7 Å². The highest BCUT2D eigenvalue weighted by Crippen LogP contribution is 2.64. The Labute approximate surface area is 117 Å². The molecular weight excluding hydrogens is 230 g/mol. The van der Waals surface area contributed by atoms with Crippen molar-refractivity contribution in [2.75, 3.05) is 0 Å². The van der Waals surface area contributed by atoms with Crippen molar-refractivity contribution >= 4 is 11.4 Å². The van der Waals surface area contributed by atoms with Crippen molar-refractivity contribution in [1.29, 1.82) is 0 Å². The first kappa shape index (κ1) is 12.9. The summed E-state index contributed by atoms with van der Waals surface area (Å²) in [5, 5.41) is 0. The molecule has 0 amide bonds. The minimum Gasteiger partial charge on any atom is -0.257 e. The first-order valence-electron chi connectivity index (χ1n) is 7.65. The second-order valence-corrected chi connectivity index (χ2v) is 7.03. The Morgan fingerprint density at radius 1 is 1.21 bits per heavy atom. The molecule has 0 radical (unpaired) electrons. The van der Waals surface area contributed by atoms with E-state index in [1.807, 2.05) is 0 Å². The number of rotatable bonds is 2. The van der Waals surface area contributed by atoms with E-state index in [1.54, 1.807) is 0 Å². The monoisotopic (exact) mass is 255 g/mol. The Kier molecular flexibility index (Phi) is 2.85. The van der Waals surface area contributed by atoms with Gasteiger partial charge in [0.15, 0.2) is 0 Å². The summed E-state index contributed by atoms with van der Waals surface area (Å²) in [5.74, 6) is 0.838. The van der Waals surface area contributed by atoms with Gasteiger partial charge in [0.2, 0.25) is 0 Å². The number of benzene rings is 1. The van der Waals surface area contributed by atoms with Crippen LogP contribution in [0.5, 0.6) is 0 Å². The van der Waals surface area contributed by atoms with Crippen LogP contribution >= 0.6 is 0 Å². The SMILES string of the molecule is CCc1ccccc1N=C1CC2CCC1(C)C2(C)C. The van der Waals surface area contributed by atoms with E-state index < -0.39 is 0 Å². The lowest BCUT2D eigenvalue weighted by Gasteiger charge is -2.34. The van der Waals surface area contributed by atoms with Gasteiger partial charge >= 0.3 is 0 Å². The Balaban J connectivity index is 2.02. The normalized spacial score (nSPS) is 34.1. The summed E-state index contributed by atoms with van der Waals surface area (Å²) >= 11 is 0. The fraction of sp³-hybridized carbons (Fsp3) is 0.611. The summed E-state index contributed by atoms with van der Waals surface area (Å²) in [6.07, 6.45) is 4.98. The van der Waals surface area contributed by atoms with Crippen molar-refractivity contribution in [3.63, 3.8) is 0 Å². The van der Waals surface area contributed by atoms with Gasteiger partial charge < -0.3 is 0 Å². The molecule has 0 heterocycles. The van der Waals surface area contributed by atoms with Gasteiger partial charge in [-0.1, -0.05) is 45.9 Å². The van der Waals surface area contributed by atoms with E-state index in [-0.39, 0.29) is 0 Å². The van der Waals surface area contributed by atoms with Gasteiger partial charge in [-0.25, -0.2) is 0 Å². The highest BCUT2D eigenvalue weighted by molar-refractivity contribution is 5.96. The molecule has 1 heteroatoms. The zero-order valence-electron chi connectivity index (χ0n) is 12.7. The molecule has 0 saturated heterocycles. The number of aryl methyl sites for hydroxylation is 1. The Morgan fingerprint density at radius 3 is 2.53 bits per heavy atom. The third-order valence-corrected chi connectivity index (χ3v) is 6.14. The van der Waals surface area contributed by atoms with Crippen molar-refractivity contribution in [1.82, 2.24) is 0 Å². The molecule has 2 bridgehead atoms. The molecule has 102 valence electrons. The van der Waals surface area contributed by atoms with Crippen molar-refractivity contribution in [3.05, 3.63) is 29.8 Å². The first-order valence-corrected chi connectivity index (χ1v) is 7.65. The largest absolute Gasteiger partial charge is 0.257 e. The number of hydrogen-bond acceptors (Lipinski definition) is 1. The average Bonchev–Trinajstić information content (AvgIpc) is 2.72.